The molecule has 1 atom stereocenters. The van der Waals surface area contributed by atoms with Crippen LogP contribution in [0.1, 0.15) is 31.0 Å². The molecule has 0 radical (unpaired) electrons. The zero-order chi connectivity index (χ0) is 15.2. The Kier molecular flexibility index (Phi) is 5.79. The summed E-state index contributed by atoms with van der Waals surface area (Å²) in [5, 5.41) is 0. The molecule has 0 aliphatic heterocycles. The maximum absolute atomic E-state index is 5.88. The highest BCUT2D eigenvalue weighted by Crippen LogP contribution is 2.28. The normalized spacial score (nSPS) is 12.4. The number of benzene rings is 2. The van der Waals surface area contributed by atoms with Crippen molar-refractivity contribution in [3.8, 4) is 5.75 Å². The van der Waals surface area contributed by atoms with E-state index in [0.29, 0.717) is 0 Å². The average molecular weight is 349 g/mol. The van der Waals surface area contributed by atoms with E-state index in [9.17, 15) is 0 Å². The molecule has 4 heteroatoms. The first kappa shape index (κ1) is 16.0. The van der Waals surface area contributed by atoms with Crippen LogP contribution in [0.3, 0.4) is 0 Å². The Bertz CT molecular complexity index is 569. The van der Waals surface area contributed by atoms with Crippen molar-refractivity contribution >= 4 is 15.9 Å². The molecule has 0 spiro atoms. The Morgan fingerprint density at radius 2 is 1.76 bits per heavy atom. The van der Waals surface area contributed by atoms with Crippen molar-refractivity contribution in [2.75, 3.05) is 0 Å². The summed E-state index contributed by atoms with van der Waals surface area (Å²) in [6, 6.07) is 16.3. The van der Waals surface area contributed by atoms with Gasteiger partial charge in [0.25, 0.3) is 0 Å². The Morgan fingerprint density at radius 3 is 2.38 bits per heavy atom. The van der Waals surface area contributed by atoms with Gasteiger partial charge in [0.15, 0.2) is 0 Å². The molecule has 0 heterocycles. The summed E-state index contributed by atoms with van der Waals surface area (Å²) in [5.74, 6) is 6.65. The van der Waals surface area contributed by atoms with Crippen LogP contribution < -0.4 is 16.0 Å². The van der Waals surface area contributed by atoms with Crippen LogP contribution in [-0.2, 0) is 6.42 Å². The number of para-hydroxylation sites is 1. The van der Waals surface area contributed by atoms with Crippen LogP contribution in [0, 0.1) is 0 Å². The summed E-state index contributed by atoms with van der Waals surface area (Å²) in [6.07, 6.45) is 0.944. The minimum absolute atomic E-state index is 0.0149. The fourth-order valence-electron chi connectivity index (χ4n) is 2.24. The van der Waals surface area contributed by atoms with E-state index in [-0.39, 0.29) is 12.1 Å². The van der Waals surface area contributed by atoms with Gasteiger partial charge in [-0.1, -0.05) is 46.3 Å². The first-order chi connectivity index (χ1) is 10.1. The summed E-state index contributed by atoms with van der Waals surface area (Å²) in [7, 11) is 0. The maximum Gasteiger partial charge on any atom is 0.124 e. The lowest BCUT2D eigenvalue weighted by Gasteiger charge is -2.21. The van der Waals surface area contributed by atoms with E-state index in [0.717, 1.165) is 22.2 Å². The Hall–Kier alpha value is -1.36. The molecule has 1 unspecified atom stereocenters. The van der Waals surface area contributed by atoms with Crippen molar-refractivity contribution in [2.45, 2.75) is 32.4 Å². The molecule has 0 aliphatic rings. The molecule has 112 valence electrons. The summed E-state index contributed by atoms with van der Waals surface area (Å²) >= 11 is 3.45. The zero-order valence-electron chi connectivity index (χ0n) is 12.3. The average Bonchev–Trinajstić information content (AvgIpc) is 2.47. The van der Waals surface area contributed by atoms with Crippen molar-refractivity contribution in [3.05, 3.63) is 64.1 Å². The summed E-state index contributed by atoms with van der Waals surface area (Å²) in [4.78, 5) is 0. The van der Waals surface area contributed by atoms with E-state index < -0.39 is 0 Å². The Labute approximate surface area is 134 Å². The van der Waals surface area contributed by atoms with E-state index in [1.54, 1.807) is 0 Å². The van der Waals surface area contributed by atoms with Crippen molar-refractivity contribution in [3.63, 3.8) is 0 Å². The minimum atomic E-state index is 0.0149. The highest BCUT2D eigenvalue weighted by Gasteiger charge is 2.16. The molecule has 0 fully saturated rings. The van der Waals surface area contributed by atoms with Gasteiger partial charge in [-0.25, -0.2) is 0 Å². The predicted octanol–water partition coefficient (Wildman–Crippen LogP) is 3.98. The molecule has 0 bridgehead atoms. The van der Waals surface area contributed by atoms with Crippen LogP contribution in [0.2, 0.25) is 0 Å². The van der Waals surface area contributed by atoms with Crippen LogP contribution in [0.5, 0.6) is 5.75 Å². The molecule has 3 N–H and O–H groups in total. The van der Waals surface area contributed by atoms with Gasteiger partial charge in [-0.15, -0.1) is 0 Å². The predicted molar refractivity (Wildman–Crippen MR) is 90.1 cm³/mol. The topological polar surface area (TPSA) is 47.3 Å². The molecule has 0 saturated heterocycles. The van der Waals surface area contributed by atoms with Gasteiger partial charge in [0.05, 0.1) is 12.1 Å². The number of hydrogen-bond donors (Lipinski definition) is 2. The fraction of sp³-hybridized carbons (Fsp3) is 0.294. The molecule has 3 nitrogen and oxygen atoms in total. The van der Waals surface area contributed by atoms with Crippen molar-refractivity contribution in [2.24, 2.45) is 5.84 Å². The van der Waals surface area contributed by atoms with Crippen LogP contribution in [0.25, 0.3) is 0 Å². The monoisotopic (exact) mass is 348 g/mol. The highest BCUT2D eigenvalue weighted by molar-refractivity contribution is 9.10. The van der Waals surface area contributed by atoms with E-state index in [1.807, 2.05) is 44.2 Å². The van der Waals surface area contributed by atoms with Gasteiger partial charge in [0, 0.05) is 10.0 Å². The number of halogens is 1. The number of nitrogens with one attached hydrogen (secondary N) is 1. The Balaban J connectivity index is 2.22. The van der Waals surface area contributed by atoms with Crippen molar-refractivity contribution in [1.29, 1.82) is 0 Å². The summed E-state index contributed by atoms with van der Waals surface area (Å²) in [5.41, 5.74) is 5.21. The largest absolute Gasteiger partial charge is 0.491 e. The van der Waals surface area contributed by atoms with Gasteiger partial charge in [0.1, 0.15) is 5.75 Å². The molecule has 2 rings (SSSR count). The number of hydrazine groups is 1. The molecule has 0 saturated carbocycles. The number of nitrogens with two attached hydrogens (primary N) is 1. The van der Waals surface area contributed by atoms with Gasteiger partial charge >= 0.3 is 0 Å². The van der Waals surface area contributed by atoms with Crippen LogP contribution in [-0.4, -0.2) is 6.10 Å². The van der Waals surface area contributed by atoms with Gasteiger partial charge in [-0.05, 0) is 44.0 Å². The second-order valence-electron chi connectivity index (χ2n) is 5.25. The van der Waals surface area contributed by atoms with E-state index in [2.05, 4.69) is 39.6 Å². The lowest BCUT2D eigenvalue weighted by Crippen LogP contribution is -2.30. The lowest BCUT2D eigenvalue weighted by molar-refractivity contribution is 0.237. The second-order valence-corrected chi connectivity index (χ2v) is 6.17. The number of rotatable bonds is 6. The smallest absolute Gasteiger partial charge is 0.124 e. The van der Waals surface area contributed by atoms with Crippen LogP contribution in [0.15, 0.2) is 53.0 Å². The summed E-state index contributed by atoms with van der Waals surface area (Å²) < 4.78 is 6.96. The fourth-order valence-corrected chi connectivity index (χ4v) is 2.51. The first-order valence-corrected chi connectivity index (χ1v) is 7.85. The maximum atomic E-state index is 5.88. The third-order valence-corrected chi connectivity index (χ3v) is 3.74. The van der Waals surface area contributed by atoms with Gasteiger partial charge < -0.3 is 4.74 Å². The first-order valence-electron chi connectivity index (χ1n) is 7.06. The van der Waals surface area contributed by atoms with E-state index in [1.165, 1.54) is 5.56 Å². The number of ether oxygens (including phenoxy) is 1. The zero-order valence-corrected chi connectivity index (χ0v) is 13.9. The molecule has 2 aromatic rings. The molecule has 2 aromatic carbocycles. The third-order valence-electron chi connectivity index (χ3n) is 3.21. The van der Waals surface area contributed by atoms with Crippen LogP contribution in [0.4, 0.5) is 0 Å². The summed E-state index contributed by atoms with van der Waals surface area (Å²) in [6.45, 7) is 4.05. The SMILES string of the molecule is CC(C)Oc1ccccc1C(Cc1ccc(Br)cc1)NN. The molecular weight excluding hydrogens is 328 g/mol. The molecule has 0 amide bonds. The minimum Gasteiger partial charge on any atom is -0.491 e. The second kappa shape index (κ2) is 7.59. The van der Waals surface area contributed by atoms with Gasteiger partial charge in [-0.2, -0.15) is 0 Å². The van der Waals surface area contributed by atoms with Gasteiger partial charge in [-0.3, -0.25) is 11.3 Å². The molecule has 0 aliphatic carbocycles. The quantitative estimate of drug-likeness (QED) is 0.613. The molecule has 21 heavy (non-hydrogen) atoms. The van der Waals surface area contributed by atoms with Gasteiger partial charge in [0.2, 0.25) is 0 Å². The third kappa shape index (κ3) is 4.56. The molecular formula is C17H21BrN2O. The van der Waals surface area contributed by atoms with Crippen LogP contribution >= 0.6 is 15.9 Å². The van der Waals surface area contributed by atoms with Crippen molar-refractivity contribution < 1.29 is 4.74 Å². The Morgan fingerprint density at radius 1 is 1.10 bits per heavy atom. The standard InChI is InChI=1S/C17H21BrN2O/c1-12(2)21-17-6-4-3-5-15(17)16(20-19)11-13-7-9-14(18)10-8-13/h3-10,12,16,20H,11,19H2,1-2H3. The highest BCUT2D eigenvalue weighted by atomic mass is 79.9. The van der Waals surface area contributed by atoms with Crippen molar-refractivity contribution in [1.82, 2.24) is 5.43 Å². The number of hydrogen-bond acceptors (Lipinski definition) is 3. The molecule has 0 aromatic heterocycles. The lowest BCUT2D eigenvalue weighted by atomic mass is 9.98. The van der Waals surface area contributed by atoms with E-state index >= 15 is 0 Å². The van der Waals surface area contributed by atoms with E-state index in [4.69, 9.17) is 10.6 Å².